The van der Waals surface area contributed by atoms with Gasteiger partial charge in [0, 0.05) is 5.56 Å². The highest BCUT2D eigenvalue weighted by Crippen LogP contribution is 2.36. The molecule has 0 aliphatic carbocycles. The van der Waals surface area contributed by atoms with Crippen molar-refractivity contribution in [3.8, 4) is 11.4 Å². The molecule has 0 aliphatic heterocycles. The van der Waals surface area contributed by atoms with Gasteiger partial charge >= 0.3 is 0 Å². The largest absolute Gasteiger partial charge is 0.397 e. The smallest absolute Gasteiger partial charge is 0.164 e. The van der Waals surface area contributed by atoms with Gasteiger partial charge in [-0.25, -0.2) is 15.0 Å². The Morgan fingerprint density at radius 2 is 1.44 bits per heavy atom. The van der Waals surface area contributed by atoms with E-state index < -0.39 is 0 Å². The molecule has 16 heavy (non-hydrogen) atoms. The van der Waals surface area contributed by atoms with Crippen LogP contribution in [-0.2, 0) is 0 Å². The van der Waals surface area contributed by atoms with E-state index >= 15 is 0 Å². The molecular formula is C9H11N7. The molecule has 0 bridgehead atoms. The molecule has 7 nitrogen and oxygen atoms in total. The molecule has 2 aromatic rings. The maximum Gasteiger partial charge on any atom is 0.164 e. The van der Waals surface area contributed by atoms with E-state index in [0.717, 1.165) is 0 Å². The normalized spacial score (nSPS) is 10.2. The molecule has 0 spiro atoms. The second-order valence-corrected chi connectivity index (χ2v) is 3.22. The SMILES string of the molecule is Nc1cc(-c2ncncn2)c(N)c(N)c1N. The lowest BCUT2D eigenvalue weighted by atomic mass is 10.1. The van der Waals surface area contributed by atoms with Gasteiger partial charge in [-0.3, -0.25) is 0 Å². The van der Waals surface area contributed by atoms with Crippen LogP contribution in [0.2, 0.25) is 0 Å². The van der Waals surface area contributed by atoms with Crippen LogP contribution in [0.25, 0.3) is 11.4 Å². The van der Waals surface area contributed by atoms with E-state index in [-0.39, 0.29) is 11.4 Å². The van der Waals surface area contributed by atoms with E-state index in [1.54, 1.807) is 6.07 Å². The summed E-state index contributed by atoms with van der Waals surface area (Å²) in [5, 5.41) is 0. The van der Waals surface area contributed by atoms with E-state index in [0.29, 0.717) is 22.8 Å². The molecule has 1 heterocycles. The molecule has 0 aliphatic rings. The second-order valence-electron chi connectivity index (χ2n) is 3.22. The fourth-order valence-corrected chi connectivity index (χ4v) is 1.32. The van der Waals surface area contributed by atoms with Gasteiger partial charge in [-0.05, 0) is 6.07 Å². The van der Waals surface area contributed by atoms with E-state index in [9.17, 15) is 0 Å². The Balaban J connectivity index is 2.68. The Morgan fingerprint density at radius 3 is 2.06 bits per heavy atom. The van der Waals surface area contributed by atoms with Gasteiger partial charge in [-0.2, -0.15) is 0 Å². The standard InChI is InChI=1S/C9H11N7/c10-5-1-4(6(11)8(13)7(5)12)9-15-2-14-3-16-9/h1-3H,10-13H2. The topological polar surface area (TPSA) is 143 Å². The zero-order valence-corrected chi connectivity index (χ0v) is 8.38. The molecule has 0 atom stereocenters. The molecule has 82 valence electrons. The highest BCUT2D eigenvalue weighted by atomic mass is 15.0. The van der Waals surface area contributed by atoms with Gasteiger partial charge < -0.3 is 22.9 Å². The third kappa shape index (κ3) is 1.44. The Kier molecular flexibility index (Phi) is 2.20. The van der Waals surface area contributed by atoms with Crippen LogP contribution in [-0.4, -0.2) is 15.0 Å². The zero-order chi connectivity index (χ0) is 11.7. The van der Waals surface area contributed by atoms with Gasteiger partial charge in [-0.1, -0.05) is 0 Å². The third-order valence-corrected chi connectivity index (χ3v) is 2.22. The third-order valence-electron chi connectivity index (χ3n) is 2.22. The maximum atomic E-state index is 5.82. The number of rotatable bonds is 1. The zero-order valence-electron chi connectivity index (χ0n) is 8.38. The monoisotopic (exact) mass is 217 g/mol. The summed E-state index contributed by atoms with van der Waals surface area (Å²) < 4.78 is 0. The van der Waals surface area contributed by atoms with E-state index in [1.807, 2.05) is 0 Å². The Labute approximate surface area is 91.5 Å². The van der Waals surface area contributed by atoms with Crippen LogP contribution >= 0.6 is 0 Å². The van der Waals surface area contributed by atoms with Crippen molar-refractivity contribution in [2.24, 2.45) is 0 Å². The molecule has 1 aromatic carbocycles. The van der Waals surface area contributed by atoms with E-state index in [1.165, 1.54) is 12.7 Å². The van der Waals surface area contributed by atoms with E-state index in [4.69, 9.17) is 22.9 Å². The number of hydrogen-bond acceptors (Lipinski definition) is 7. The van der Waals surface area contributed by atoms with Gasteiger partial charge in [0.2, 0.25) is 0 Å². The van der Waals surface area contributed by atoms with Crippen LogP contribution in [0.15, 0.2) is 18.7 Å². The van der Waals surface area contributed by atoms with Crippen molar-refractivity contribution < 1.29 is 0 Å². The summed E-state index contributed by atoms with van der Waals surface area (Å²) in [4.78, 5) is 11.6. The first-order valence-corrected chi connectivity index (χ1v) is 4.46. The van der Waals surface area contributed by atoms with Crippen molar-refractivity contribution in [2.45, 2.75) is 0 Å². The molecule has 0 unspecified atom stereocenters. The second kappa shape index (κ2) is 3.54. The molecule has 0 saturated carbocycles. The molecule has 7 heteroatoms. The van der Waals surface area contributed by atoms with Crippen LogP contribution in [0.3, 0.4) is 0 Å². The summed E-state index contributed by atoms with van der Waals surface area (Å²) in [5.74, 6) is 0.408. The Morgan fingerprint density at radius 1 is 0.812 bits per heavy atom. The van der Waals surface area contributed by atoms with Gasteiger partial charge in [0.15, 0.2) is 5.82 Å². The number of hydrogen-bond donors (Lipinski definition) is 4. The van der Waals surface area contributed by atoms with E-state index in [2.05, 4.69) is 15.0 Å². The Bertz CT molecular complexity index is 523. The van der Waals surface area contributed by atoms with Crippen molar-refractivity contribution in [3.63, 3.8) is 0 Å². The number of nitrogens with zero attached hydrogens (tertiary/aromatic N) is 3. The molecule has 0 amide bonds. The highest BCUT2D eigenvalue weighted by Gasteiger charge is 2.13. The molecule has 1 aromatic heterocycles. The maximum absolute atomic E-state index is 5.82. The summed E-state index contributed by atoms with van der Waals surface area (Å²) in [6.45, 7) is 0. The highest BCUT2D eigenvalue weighted by molar-refractivity contribution is 5.94. The number of nitrogens with two attached hydrogens (primary N) is 4. The molecule has 0 saturated heterocycles. The molecular weight excluding hydrogens is 206 g/mol. The minimum Gasteiger partial charge on any atom is -0.397 e. The van der Waals surface area contributed by atoms with Crippen LogP contribution in [0.1, 0.15) is 0 Å². The van der Waals surface area contributed by atoms with Crippen LogP contribution in [0.4, 0.5) is 22.7 Å². The number of anilines is 4. The lowest BCUT2D eigenvalue weighted by Gasteiger charge is -2.11. The Hall–Kier alpha value is -2.57. The quantitative estimate of drug-likeness (QED) is 0.487. The van der Waals surface area contributed by atoms with Crippen molar-refractivity contribution in [1.82, 2.24) is 15.0 Å². The number of aromatic nitrogens is 3. The fourth-order valence-electron chi connectivity index (χ4n) is 1.32. The van der Waals surface area contributed by atoms with Crippen LogP contribution in [0.5, 0.6) is 0 Å². The first-order chi connectivity index (χ1) is 7.61. The summed E-state index contributed by atoms with van der Waals surface area (Å²) >= 11 is 0. The average Bonchev–Trinajstić information content (AvgIpc) is 2.32. The number of nitrogen functional groups attached to an aromatic ring is 4. The van der Waals surface area contributed by atoms with Gasteiger partial charge in [-0.15, -0.1) is 0 Å². The predicted molar refractivity (Wildman–Crippen MR) is 62.9 cm³/mol. The average molecular weight is 217 g/mol. The summed E-state index contributed by atoms with van der Waals surface area (Å²) in [7, 11) is 0. The summed E-state index contributed by atoms with van der Waals surface area (Å²) in [6.07, 6.45) is 2.73. The van der Waals surface area contributed by atoms with Crippen molar-refractivity contribution in [1.29, 1.82) is 0 Å². The van der Waals surface area contributed by atoms with Gasteiger partial charge in [0.05, 0.1) is 22.7 Å². The molecule has 0 fully saturated rings. The predicted octanol–water partition coefficient (Wildman–Crippen LogP) is -0.133. The van der Waals surface area contributed by atoms with Gasteiger partial charge in [0.1, 0.15) is 12.7 Å². The first-order valence-electron chi connectivity index (χ1n) is 4.46. The first kappa shape index (κ1) is 9.97. The minimum absolute atomic E-state index is 0.246. The lowest BCUT2D eigenvalue weighted by molar-refractivity contribution is 1.06. The van der Waals surface area contributed by atoms with Crippen LogP contribution in [0, 0.1) is 0 Å². The minimum atomic E-state index is 0.246. The van der Waals surface area contributed by atoms with Crippen molar-refractivity contribution in [3.05, 3.63) is 18.7 Å². The fraction of sp³-hybridized carbons (Fsp3) is 0. The van der Waals surface area contributed by atoms with Gasteiger partial charge in [0.25, 0.3) is 0 Å². The lowest BCUT2D eigenvalue weighted by Crippen LogP contribution is -2.06. The van der Waals surface area contributed by atoms with Crippen molar-refractivity contribution in [2.75, 3.05) is 22.9 Å². The summed E-state index contributed by atoms with van der Waals surface area (Å²) in [6, 6.07) is 1.59. The molecule has 8 N–H and O–H groups in total. The molecule has 0 radical (unpaired) electrons. The van der Waals surface area contributed by atoms with Crippen molar-refractivity contribution >= 4 is 22.7 Å². The summed E-state index contributed by atoms with van der Waals surface area (Å²) in [5.41, 5.74) is 24.6. The van der Waals surface area contributed by atoms with Crippen LogP contribution < -0.4 is 22.9 Å². The molecule has 2 rings (SSSR count). The number of benzene rings is 1.